The Morgan fingerprint density at radius 1 is 1.11 bits per heavy atom. The highest BCUT2D eigenvalue weighted by Crippen LogP contribution is 2.16. The molecule has 1 amide bonds. The van der Waals surface area contributed by atoms with Crippen LogP contribution in [0.15, 0.2) is 53.4 Å². The van der Waals surface area contributed by atoms with Gasteiger partial charge in [-0.15, -0.1) is 0 Å². The van der Waals surface area contributed by atoms with E-state index in [2.05, 4.69) is 10.0 Å². The minimum Gasteiger partial charge on any atom is -0.377 e. The van der Waals surface area contributed by atoms with Gasteiger partial charge in [0.15, 0.2) is 0 Å². The van der Waals surface area contributed by atoms with Gasteiger partial charge >= 0.3 is 0 Å². The maximum atomic E-state index is 12.3. The van der Waals surface area contributed by atoms with Crippen LogP contribution >= 0.6 is 0 Å². The highest BCUT2D eigenvalue weighted by molar-refractivity contribution is 7.89. The van der Waals surface area contributed by atoms with Crippen LogP contribution in [0.1, 0.15) is 24.0 Å². The lowest BCUT2D eigenvalue weighted by Gasteiger charge is -2.12. The molecule has 1 unspecified atom stereocenters. The Morgan fingerprint density at radius 2 is 1.81 bits per heavy atom. The number of rotatable bonds is 7. The number of sulfonamides is 1. The first kappa shape index (κ1) is 19.5. The zero-order chi connectivity index (χ0) is 19.3. The van der Waals surface area contributed by atoms with E-state index in [9.17, 15) is 13.2 Å². The van der Waals surface area contributed by atoms with E-state index in [1.54, 1.807) is 12.1 Å². The Kier molecular flexibility index (Phi) is 6.26. The lowest BCUT2D eigenvalue weighted by Crippen LogP contribution is -2.31. The molecule has 1 saturated heterocycles. The van der Waals surface area contributed by atoms with Crippen LogP contribution in [-0.2, 0) is 26.0 Å². The number of ether oxygens (including phenoxy) is 1. The largest absolute Gasteiger partial charge is 0.377 e. The van der Waals surface area contributed by atoms with Crippen LogP contribution in [0.25, 0.3) is 0 Å². The summed E-state index contributed by atoms with van der Waals surface area (Å²) in [4.78, 5) is 12.3. The van der Waals surface area contributed by atoms with Crippen LogP contribution in [0.2, 0.25) is 0 Å². The molecular weight excluding hydrogens is 364 g/mol. The van der Waals surface area contributed by atoms with Gasteiger partial charge in [-0.3, -0.25) is 4.79 Å². The molecule has 1 atom stereocenters. The highest BCUT2D eigenvalue weighted by Gasteiger charge is 2.20. The van der Waals surface area contributed by atoms with Crippen molar-refractivity contribution in [1.82, 2.24) is 4.72 Å². The van der Waals surface area contributed by atoms with E-state index in [0.717, 1.165) is 24.0 Å². The van der Waals surface area contributed by atoms with Crippen molar-refractivity contribution in [1.29, 1.82) is 0 Å². The molecule has 0 radical (unpaired) electrons. The third-order valence-corrected chi connectivity index (χ3v) is 5.90. The molecule has 1 fully saturated rings. The molecule has 0 aromatic heterocycles. The number of benzene rings is 2. The minimum absolute atomic E-state index is 0.0555. The summed E-state index contributed by atoms with van der Waals surface area (Å²) < 4.78 is 32.7. The molecule has 2 aromatic carbocycles. The molecule has 0 aliphatic carbocycles. The fourth-order valence-corrected chi connectivity index (χ4v) is 3.97. The molecule has 0 saturated carbocycles. The molecule has 1 heterocycles. The molecule has 6 nitrogen and oxygen atoms in total. The van der Waals surface area contributed by atoms with Crippen molar-refractivity contribution in [2.45, 2.75) is 37.2 Å². The molecule has 0 bridgehead atoms. The minimum atomic E-state index is -3.59. The van der Waals surface area contributed by atoms with Gasteiger partial charge in [0.25, 0.3) is 0 Å². The number of carbonyl (C=O) groups excluding carboxylic acids is 1. The van der Waals surface area contributed by atoms with Crippen LogP contribution in [0.3, 0.4) is 0 Å². The Bertz CT molecular complexity index is 871. The zero-order valence-electron chi connectivity index (χ0n) is 15.3. The summed E-state index contributed by atoms with van der Waals surface area (Å²) in [7, 11) is -3.59. The quantitative estimate of drug-likeness (QED) is 0.764. The second-order valence-electron chi connectivity index (χ2n) is 6.72. The number of hydrogen-bond donors (Lipinski definition) is 2. The molecule has 0 spiro atoms. The van der Waals surface area contributed by atoms with E-state index in [1.165, 1.54) is 12.1 Å². The van der Waals surface area contributed by atoms with Gasteiger partial charge in [-0.1, -0.05) is 29.8 Å². The summed E-state index contributed by atoms with van der Waals surface area (Å²) in [6, 6.07) is 13.9. The Hall–Kier alpha value is -2.22. The SMILES string of the molecule is Cc1ccc(CC(=O)Nc2ccc(S(=O)(=O)NCC3CCCO3)cc2)cc1. The highest BCUT2D eigenvalue weighted by atomic mass is 32.2. The average Bonchev–Trinajstić information content (AvgIpc) is 3.16. The van der Waals surface area contributed by atoms with Crippen molar-refractivity contribution in [2.24, 2.45) is 0 Å². The van der Waals surface area contributed by atoms with E-state index < -0.39 is 10.0 Å². The number of carbonyl (C=O) groups is 1. The molecule has 3 rings (SSSR count). The maximum Gasteiger partial charge on any atom is 0.240 e. The number of nitrogens with one attached hydrogen (secondary N) is 2. The second kappa shape index (κ2) is 8.65. The summed E-state index contributed by atoms with van der Waals surface area (Å²) in [5.41, 5.74) is 2.63. The number of amides is 1. The monoisotopic (exact) mass is 388 g/mol. The first-order chi connectivity index (χ1) is 12.9. The number of anilines is 1. The molecule has 2 aromatic rings. The van der Waals surface area contributed by atoms with Gasteiger partial charge < -0.3 is 10.1 Å². The van der Waals surface area contributed by atoms with E-state index in [4.69, 9.17) is 4.74 Å². The van der Waals surface area contributed by atoms with Crippen LogP contribution < -0.4 is 10.0 Å². The molecule has 7 heteroatoms. The fourth-order valence-electron chi connectivity index (χ4n) is 2.91. The van der Waals surface area contributed by atoms with Gasteiger partial charge in [0.2, 0.25) is 15.9 Å². The lowest BCUT2D eigenvalue weighted by atomic mass is 10.1. The third-order valence-electron chi connectivity index (χ3n) is 4.46. The Balaban J connectivity index is 1.55. The third kappa shape index (κ3) is 5.63. The summed E-state index contributed by atoms with van der Waals surface area (Å²) in [5.74, 6) is -0.147. The van der Waals surface area contributed by atoms with Crippen molar-refractivity contribution >= 4 is 21.6 Å². The van der Waals surface area contributed by atoms with Crippen molar-refractivity contribution in [3.05, 3.63) is 59.7 Å². The zero-order valence-corrected chi connectivity index (χ0v) is 16.1. The van der Waals surface area contributed by atoms with Crippen LogP contribution in [0.5, 0.6) is 0 Å². The average molecular weight is 388 g/mol. The normalized spacial score (nSPS) is 17.0. The first-order valence-corrected chi connectivity index (χ1v) is 10.5. The standard InChI is InChI=1S/C20H24N2O4S/c1-15-4-6-16(7-5-15)13-20(23)22-17-8-10-19(11-9-17)27(24,25)21-14-18-3-2-12-26-18/h4-11,18,21H,2-3,12-14H2,1H3,(H,22,23). The Morgan fingerprint density at radius 3 is 2.44 bits per heavy atom. The second-order valence-corrected chi connectivity index (χ2v) is 8.49. The summed E-state index contributed by atoms with van der Waals surface area (Å²) in [5, 5.41) is 2.79. The Labute approximate surface area is 160 Å². The first-order valence-electron chi connectivity index (χ1n) is 8.99. The van der Waals surface area contributed by atoms with Crippen molar-refractivity contribution in [2.75, 3.05) is 18.5 Å². The van der Waals surface area contributed by atoms with Gasteiger partial charge in [0, 0.05) is 18.8 Å². The summed E-state index contributed by atoms with van der Waals surface area (Å²) in [6.07, 6.45) is 2.04. The summed E-state index contributed by atoms with van der Waals surface area (Å²) >= 11 is 0. The van der Waals surface area contributed by atoms with Gasteiger partial charge in [0.1, 0.15) is 0 Å². The maximum absolute atomic E-state index is 12.3. The van der Waals surface area contributed by atoms with E-state index in [0.29, 0.717) is 12.3 Å². The number of aryl methyl sites for hydroxylation is 1. The van der Waals surface area contributed by atoms with Crippen LogP contribution in [0, 0.1) is 6.92 Å². The van der Waals surface area contributed by atoms with Crippen molar-refractivity contribution in [3.8, 4) is 0 Å². The van der Waals surface area contributed by atoms with E-state index in [1.807, 2.05) is 31.2 Å². The van der Waals surface area contributed by atoms with Gasteiger partial charge in [-0.25, -0.2) is 13.1 Å². The predicted molar refractivity (Wildman–Crippen MR) is 104 cm³/mol. The molecule has 1 aliphatic heterocycles. The lowest BCUT2D eigenvalue weighted by molar-refractivity contribution is -0.115. The molecule has 27 heavy (non-hydrogen) atoms. The fraction of sp³-hybridized carbons (Fsp3) is 0.350. The van der Waals surface area contributed by atoms with Crippen molar-refractivity contribution in [3.63, 3.8) is 0 Å². The summed E-state index contributed by atoms with van der Waals surface area (Å²) in [6.45, 7) is 2.95. The molecule has 1 aliphatic rings. The van der Waals surface area contributed by atoms with E-state index >= 15 is 0 Å². The molecule has 144 valence electrons. The molecular formula is C20H24N2O4S. The topological polar surface area (TPSA) is 84.5 Å². The van der Waals surface area contributed by atoms with Gasteiger partial charge in [-0.05, 0) is 49.6 Å². The number of hydrogen-bond acceptors (Lipinski definition) is 4. The van der Waals surface area contributed by atoms with Gasteiger partial charge in [0.05, 0.1) is 17.4 Å². The van der Waals surface area contributed by atoms with Gasteiger partial charge in [-0.2, -0.15) is 0 Å². The van der Waals surface area contributed by atoms with E-state index in [-0.39, 0.29) is 29.9 Å². The van der Waals surface area contributed by atoms with Crippen LogP contribution in [0.4, 0.5) is 5.69 Å². The predicted octanol–water partition coefficient (Wildman–Crippen LogP) is 2.63. The van der Waals surface area contributed by atoms with Crippen LogP contribution in [-0.4, -0.2) is 33.6 Å². The molecule has 2 N–H and O–H groups in total. The smallest absolute Gasteiger partial charge is 0.240 e. The van der Waals surface area contributed by atoms with Crippen molar-refractivity contribution < 1.29 is 17.9 Å².